The first-order valence-corrected chi connectivity index (χ1v) is 9.74. The first-order chi connectivity index (χ1) is 13.7. The molecule has 1 aromatic heterocycles. The molecule has 0 saturated carbocycles. The van der Waals surface area contributed by atoms with Crippen LogP contribution in [0, 0.1) is 0 Å². The number of likely N-dealkylation sites (tertiary alicyclic amines) is 1. The molecule has 2 aromatic carbocycles. The molecule has 2 amide bonds. The lowest BCUT2D eigenvalue weighted by atomic mass is 9.88. The number of amides is 2. The topological polar surface area (TPSA) is 78.1 Å². The van der Waals surface area contributed by atoms with Crippen LogP contribution in [0.25, 0.3) is 11.0 Å². The van der Waals surface area contributed by atoms with Gasteiger partial charge in [-0.3, -0.25) is 9.59 Å². The third-order valence-electron chi connectivity index (χ3n) is 6.17. The second-order valence-corrected chi connectivity index (χ2v) is 7.65. The molecular weight excluding hydrogens is 352 g/mol. The highest BCUT2D eigenvalue weighted by Crippen LogP contribution is 2.42. The number of rotatable bonds is 2. The summed E-state index contributed by atoms with van der Waals surface area (Å²) in [7, 11) is 1.65. The summed E-state index contributed by atoms with van der Waals surface area (Å²) < 4.78 is 0. The molecule has 0 unspecified atom stereocenters. The number of nitrogens with one attached hydrogen (secondary N) is 2. The summed E-state index contributed by atoms with van der Waals surface area (Å²) in [6.07, 6.45) is 4.53. The Morgan fingerprint density at radius 3 is 2.89 bits per heavy atom. The van der Waals surface area contributed by atoms with E-state index in [-0.39, 0.29) is 17.9 Å². The van der Waals surface area contributed by atoms with Gasteiger partial charge in [0, 0.05) is 36.7 Å². The first-order valence-electron chi connectivity index (χ1n) is 9.74. The van der Waals surface area contributed by atoms with Crippen LogP contribution in [0.15, 0.2) is 42.7 Å². The zero-order chi connectivity index (χ0) is 19.3. The molecule has 3 aromatic rings. The smallest absolute Gasteiger partial charge is 0.254 e. The number of hydrogen-bond acceptors (Lipinski definition) is 3. The average molecular weight is 374 g/mol. The molecule has 0 spiro atoms. The van der Waals surface area contributed by atoms with E-state index in [1.807, 2.05) is 35.2 Å². The van der Waals surface area contributed by atoms with Crippen LogP contribution in [-0.4, -0.2) is 46.3 Å². The van der Waals surface area contributed by atoms with Crippen LogP contribution in [0.3, 0.4) is 0 Å². The van der Waals surface area contributed by atoms with Crippen molar-refractivity contribution in [3.05, 3.63) is 65.0 Å². The van der Waals surface area contributed by atoms with Crippen molar-refractivity contribution < 1.29 is 9.59 Å². The molecule has 1 aliphatic carbocycles. The van der Waals surface area contributed by atoms with Crippen LogP contribution in [0.1, 0.15) is 50.6 Å². The number of hydrogen-bond donors (Lipinski definition) is 2. The van der Waals surface area contributed by atoms with E-state index in [9.17, 15) is 9.59 Å². The molecule has 5 rings (SSSR count). The number of carbonyl (C=O) groups is 2. The van der Waals surface area contributed by atoms with E-state index in [1.165, 1.54) is 11.1 Å². The van der Waals surface area contributed by atoms with Crippen LogP contribution in [-0.2, 0) is 6.42 Å². The largest absolute Gasteiger partial charge is 0.355 e. The van der Waals surface area contributed by atoms with Gasteiger partial charge in [0.05, 0.1) is 17.4 Å². The molecule has 0 radical (unpaired) electrons. The minimum absolute atomic E-state index is 0.0709. The van der Waals surface area contributed by atoms with Gasteiger partial charge < -0.3 is 15.2 Å². The number of piperidine rings is 1. The van der Waals surface area contributed by atoms with Gasteiger partial charge in [0.1, 0.15) is 0 Å². The quantitative estimate of drug-likeness (QED) is 0.724. The molecule has 28 heavy (non-hydrogen) atoms. The predicted octanol–water partition coefficient (Wildman–Crippen LogP) is 2.87. The third-order valence-corrected chi connectivity index (χ3v) is 6.17. The van der Waals surface area contributed by atoms with Crippen LogP contribution in [0.4, 0.5) is 0 Å². The summed E-state index contributed by atoms with van der Waals surface area (Å²) in [5.74, 6) is 0.353. The minimum Gasteiger partial charge on any atom is -0.355 e. The second kappa shape index (κ2) is 6.48. The monoisotopic (exact) mass is 374 g/mol. The Morgan fingerprint density at radius 1 is 1.18 bits per heavy atom. The average Bonchev–Trinajstić information content (AvgIpc) is 3.35. The number of benzene rings is 2. The summed E-state index contributed by atoms with van der Waals surface area (Å²) in [6, 6.07) is 11.8. The lowest BCUT2D eigenvalue weighted by molar-refractivity contribution is 0.0595. The maximum absolute atomic E-state index is 13.3. The molecular formula is C22H22N4O2. The SMILES string of the molecule is CNC(=O)c1ccc2c(c1)C[C@H]1[C@@H]2CCCN1C(=O)c1ccc2nc[nH]c2c1. The van der Waals surface area contributed by atoms with E-state index >= 15 is 0 Å². The fourth-order valence-electron chi connectivity index (χ4n) is 4.81. The van der Waals surface area contributed by atoms with Crippen molar-refractivity contribution in [2.45, 2.75) is 31.2 Å². The van der Waals surface area contributed by atoms with E-state index in [4.69, 9.17) is 0 Å². The second-order valence-electron chi connectivity index (χ2n) is 7.65. The minimum atomic E-state index is -0.0709. The van der Waals surface area contributed by atoms with Crippen molar-refractivity contribution >= 4 is 22.8 Å². The van der Waals surface area contributed by atoms with Gasteiger partial charge in [-0.2, -0.15) is 0 Å². The Hall–Kier alpha value is -3.15. The van der Waals surface area contributed by atoms with Crippen molar-refractivity contribution in [1.82, 2.24) is 20.2 Å². The molecule has 2 N–H and O–H groups in total. The highest BCUT2D eigenvalue weighted by atomic mass is 16.2. The number of H-pyrrole nitrogens is 1. The molecule has 1 aliphatic heterocycles. The Kier molecular flexibility index (Phi) is 3.93. The summed E-state index contributed by atoms with van der Waals surface area (Å²) in [4.78, 5) is 34.6. The van der Waals surface area contributed by atoms with Crippen molar-refractivity contribution in [3.63, 3.8) is 0 Å². The first kappa shape index (κ1) is 17.0. The summed E-state index contributed by atoms with van der Waals surface area (Å²) in [5.41, 5.74) is 5.60. The maximum atomic E-state index is 13.3. The van der Waals surface area contributed by atoms with E-state index in [0.29, 0.717) is 17.0 Å². The van der Waals surface area contributed by atoms with Crippen molar-refractivity contribution in [3.8, 4) is 0 Å². The molecule has 6 heteroatoms. The van der Waals surface area contributed by atoms with Gasteiger partial charge in [0.25, 0.3) is 11.8 Å². The third kappa shape index (κ3) is 2.59. The normalized spacial score (nSPS) is 20.7. The molecule has 142 valence electrons. The van der Waals surface area contributed by atoms with Crippen LogP contribution in [0.5, 0.6) is 0 Å². The number of aromatic amines is 1. The zero-order valence-electron chi connectivity index (χ0n) is 15.7. The molecule has 2 aliphatic rings. The summed E-state index contributed by atoms with van der Waals surface area (Å²) >= 11 is 0. The van der Waals surface area contributed by atoms with Crippen molar-refractivity contribution in [2.75, 3.05) is 13.6 Å². The fourth-order valence-corrected chi connectivity index (χ4v) is 4.81. The highest BCUT2D eigenvalue weighted by molar-refractivity contribution is 5.98. The standard InChI is InChI=1S/C22H22N4O2/c1-23-21(27)13-4-6-16-15(9-13)11-20-17(16)3-2-8-26(20)22(28)14-5-7-18-19(10-14)25-12-24-18/h4-7,9-10,12,17,20H,2-3,8,11H2,1H3,(H,23,27)(H,24,25)/t17-,20+/m1/s1. The van der Waals surface area contributed by atoms with Crippen LogP contribution in [0.2, 0.25) is 0 Å². The summed E-state index contributed by atoms with van der Waals surface area (Å²) in [5, 5.41) is 2.68. The van der Waals surface area contributed by atoms with E-state index in [2.05, 4.69) is 21.4 Å². The number of carbonyl (C=O) groups excluding carboxylic acids is 2. The predicted molar refractivity (Wildman–Crippen MR) is 106 cm³/mol. The molecule has 1 fully saturated rings. The van der Waals surface area contributed by atoms with Crippen molar-refractivity contribution in [1.29, 1.82) is 0 Å². The van der Waals surface area contributed by atoms with Crippen LogP contribution >= 0.6 is 0 Å². The molecule has 2 atom stereocenters. The lowest BCUT2D eigenvalue weighted by Gasteiger charge is -2.38. The van der Waals surface area contributed by atoms with Gasteiger partial charge >= 0.3 is 0 Å². The number of imidazole rings is 1. The number of nitrogens with zero attached hydrogens (tertiary/aromatic N) is 2. The van der Waals surface area contributed by atoms with Gasteiger partial charge in [-0.15, -0.1) is 0 Å². The van der Waals surface area contributed by atoms with Gasteiger partial charge in [0.15, 0.2) is 0 Å². The van der Waals surface area contributed by atoms with E-state index < -0.39 is 0 Å². The van der Waals surface area contributed by atoms with Gasteiger partial charge in [-0.05, 0) is 60.7 Å². The van der Waals surface area contributed by atoms with Gasteiger partial charge in [-0.25, -0.2) is 4.98 Å². The van der Waals surface area contributed by atoms with Gasteiger partial charge in [-0.1, -0.05) is 6.07 Å². The maximum Gasteiger partial charge on any atom is 0.254 e. The van der Waals surface area contributed by atoms with Crippen LogP contribution < -0.4 is 5.32 Å². The number of fused-ring (bicyclic) bond motifs is 4. The Bertz CT molecular complexity index is 1090. The molecule has 2 heterocycles. The Morgan fingerprint density at radius 2 is 2.04 bits per heavy atom. The Balaban J connectivity index is 1.45. The molecule has 1 saturated heterocycles. The van der Waals surface area contributed by atoms with E-state index in [1.54, 1.807) is 13.4 Å². The zero-order valence-corrected chi connectivity index (χ0v) is 15.7. The van der Waals surface area contributed by atoms with Gasteiger partial charge in [0.2, 0.25) is 0 Å². The number of aromatic nitrogens is 2. The van der Waals surface area contributed by atoms with Crippen molar-refractivity contribution in [2.24, 2.45) is 0 Å². The highest BCUT2D eigenvalue weighted by Gasteiger charge is 2.41. The summed E-state index contributed by atoms with van der Waals surface area (Å²) in [6.45, 7) is 0.775. The fraction of sp³-hybridized carbons (Fsp3) is 0.318. The molecule has 6 nitrogen and oxygen atoms in total. The Labute approximate surface area is 163 Å². The molecule has 0 bridgehead atoms. The lowest BCUT2D eigenvalue weighted by Crippen LogP contribution is -2.46. The van der Waals surface area contributed by atoms with E-state index in [0.717, 1.165) is 36.8 Å².